The van der Waals surface area contributed by atoms with Crippen LogP contribution in [0.4, 0.5) is 4.79 Å². The normalized spacial score (nSPS) is 10.5. The molecular weight excluding hydrogens is 334 g/mol. The maximum atomic E-state index is 10.9. The van der Waals surface area contributed by atoms with E-state index in [4.69, 9.17) is 14.9 Å². The van der Waals surface area contributed by atoms with E-state index in [1.165, 1.54) is 0 Å². The number of benzene rings is 2. The number of hydroxylamine groups is 2. The number of carbonyl (C=O) groups is 1. The van der Waals surface area contributed by atoms with Crippen LogP contribution in [-0.4, -0.2) is 21.3 Å². The third-order valence-corrected chi connectivity index (χ3v) is 3.77. The van der Waals surface area contributed by atoms with Crippen molar-refractivity contribution < 1.29 is 19.2 Å². The molecule has 0 saturated heterocycles. The first-order chi connectivity index (χ1) is 12.5. The lowest BCUT2D eigenvalue weighted by atomic mass is 10.2. The van der Waals surface area contributed by atoms with Crippen LogP contribution in [0.25, 0.3) is 11.5 Å². The van der Waals surface area contributed by atoms with Gasteiger partial charge in [-0.3, -0.25) is 5.21 Å². The number of nitrogens with zero attached hydrogens (tertiary/aromatic N) is 2. The molecule has 0 saturated carbocycles. The minimum atomic E-state index is -0.914. The van der Waals surface area contributed by atoms with Crippen molar-refractivity contribution in [2.45, 2.75) is 20.1 Å². The van der Waals surface area contributed by atoms with Crippen LogP contribution in [0.15, 0.2) is 59.0 Å². The average Bonchev–Trinajstić information content (AvgIpc) is 3.02. The van der Waals surface area contributed by atoms with Gasteiger partial charge in [-0.15, -0.1) is 0 Å². The van der Waals surface area contributed by atoms with Gasteiger partial charge in [-0.1, -0.05) is 30.3 Å². The molecule has 3 rings (SSSR count). The Morgan fingerprint density at radius 3 is 2.73 bits per heavy atom. The van der Waals surface area contributed by atoms with E-state index >= 15 is 0 Å². The minimum absolute atomic E-state index is 0.0202. The molecule has 134 valence electrons. The number of aryl methyl sites for hydroxylation is 1. The highest BCUT2D eigenvalue weighted by molar-refractivity contribution is 5.70. The van der Waals surface area contributed by atoms with Gasteiger partial charge in [-0.2, -0.15) is 0 Å². The molecule has 0 radical (unpaired) electrons. The standard InChI is InChI=1S/C19H19N3O4/c1-13-17(21-18(26-13)15-7-3-2-4-8-15)12-25-16-9-5-6-14(10-16)11-22(24)19(20)23/h2-10,24H,11-12H2,1H3,(H2,20,23). The van der Waals surface area contributed by atoms with Crippen molar-refractivity contribution in [3.8, 4) is 17.2 Å². The summed E-state index contributed by atoms with van der Waals surface area (Å²) in [6.07, 6.45) is 0. The van der Waals surface area contributed by atoms with Crippen LogP contribution >= 0.6 is 0 Å². The van der Waals surface area contributed by atoms with Gasteiger partial charge in [0.05, 0.1) is 6.54 Å². The van der Waals surface area contributed by atoms with Crippen LogP contribution in [0, 0.1) is 6.92 Å². The highest BCUT2D eigenvalue weighted by Gasteiger charge is 2.12. The van der Waals surface area contributed by atoms with E-state index in [1.807, 2.05) is 37.3 Å². The molecule has 0 unspecified atom stereocenters. The van der Waals surface area contributed by atoms with Crippen LogP contribution in [0.3, 0.4) is 0 Å². The van der Waals surface area contributed by atoms with Crippen molar-refractivity contribution in [2.24, 2.45) is 5.73 Å². The second-order valence-corrected chi connectivity index (χ2v) is 5.72. The third kappa shape index (κ3) is 4.20. The number of ether oxygens (including phenoxy) is 1. The molecule has 1 heterocycles. The molecule has 0 atom stereocenters. The Bertz CT molecular complexity index is 893. The zero-order valence-electron chi connectivity index (χ0n) is 14.3. The van der Waals surface area contributed by atoms with Gasteiger partial charge in [0.15, 0.2) is 0 Å². The van der Waals surface area contributed by atoms with E-state index in [1.54, 1.807) is 24.3 Å². The summed E-state index contributed by atoms with van der Waals surface area (Å²) in [6.45, 7) is 2.06. The molecule has 2 aromatic carbocycles. The molecule has 2 amide bonds. The van der Waals surface area contributed by atoms with Gasteiger partial charge >= 0.3 is 6.03 Å². The van der Waals surface area contributed by atoms with Crippen molar-refractivity contribution >= 4 is 6.03 Å². The number of carbonyl (C=O) groups excluding carboxylic acids is 1. The Hall–Kier alpha value is -3.32. The molecule has 0 aliphatic carbocycles. The summed E-state index contributed by atoms with van der Waals surface area (Å²) in [5.41, 5.74) is 7.30. The molecule has 0 aliphatic heterocycles. The average molecular weight is 353 g/mol. The van der Waals surface area contributed by atoms with Gasteiger partial charge in [0.1, 0.15) is 23.8 Å². The Morgan fingerprint density at radius 2 is 2.00 bits per heavy atom. The van der Waals surface area contributed by atoms with Gasteiger partial charge in [0, 0.05) is 5.56 Å². The first kappa shape index (κ1) is 17.5. The number of amides is 2. The van der Waals surface area contributed by atoms with E-state index in [-0.39, 0.29) is 13.2 Å². The summed E-state index contributed by atoms with van der Waals surface area (Å²) in [6, 6.07) is 15.8. The highest BCUT2D eigenvalue weighted by Crippen LogP contribution is 2.23. The topological polar surface area (TPSA) is 102 Å². The van der Waals surface area contributed by atoms with Crippen LogP contribution in [-0.2, 0) is 13.2 Å². The number of hydrogen-bond donors (Lipinski definition) is 2. The lowest BCUT2D eigenvalue weighted by Gasteiger charge is -2.12. The molecular formula is C19H19N3O4. The summed E-state index contributed by atoms with van der Waals surface area (Å²) in [4.78, 5) is 15.4. The van der Waals surface area contributed by atoms with E-state index in [0.29, 0.717) is 33.7 Å². The number of aromatic nitrogens is 1. The molecule has 26 heavy (non-hydrogen) atoms. The molecule has 3 N–H and O–H groups in total. The van der Waals surface area contributed by atoms with Gasteiger partial charge < -0.3 is 14.9 Å². The van der Waals surface area contributed by atoms with E-state index in [2.05, 4.69) is 4.98 Å². The first-order valence-electron chi connectivity index (χ1n) is 8.02. The van der Waals surface area contributed by atoms with E-state index in [9.17, 15) is 10.0 Å². The summed E-state index contributed by atoms with van der Waals surface area (Å²) < 4.78 is 11.5. The van der Waals surface area contributed by atoms with Gasteiger partial charge in [-0.25, -0.2) is 14.8 Å². The first-order valence-corrected chi connectivity index (χ1v) is 8.02. The van der Waals surface area contributed by atoms with Crippen molar-refractivity contribution in [1.82, 2.24) is 10.0 Å². The van der Waals surface area contributed by atoms with E-state index < -0.39 is 6.03 Å². The SMILES string of the molecule is Cc1oc(-c2ccccc2)nc1COc1cccc(CN(O)C(N)=O)c1. The van der Waals surface area contributed by atoms with Gasteiger partial charge in [0.25, 0.3) is 0 Å². The molecule has 7 nitrogen and oxygen atoms in total. The zero-order valence-corrected chi connectivity index (χ0v) is 14.3. The summed E-state index contributed by atoms with van der Waals surface area (Å²) in [5.74, 6) is 1.83. The Labute approximate surface area is 150 Å². The predicted octanol–water partition coefficient (Wildman–Crippen LogP) is 3.50. The molecule has 0 bridgehead atoms. The van der Waals surface area contributed by atoms with E-state index in [0.717, 1.165) is 5.56 Å². The van der Waals surface area contributed by atoms with Crippen LogP contribution < -0.4 is 10.5 Å². The second kappa shape index (κ2) is 7.71. The Morgan fingerprint density at radius 1 is 1.23 bits per heavy atom. The molecule has 0 aliphatic rings. The highest BCUT2D eigenvalue weighted by atomic mass is 16.5. The molecule has 7 heteroatoms. The minimum Gasteiger partial charge on any atom is -0.487 e. The molecule has 0 fully saturated rings. The lowest BCUT2D eigenvalue weighted by Crippen LogP contribution is -2.31. The molecule has 1 aromatic heterocycles. The van der Waals surface area contributed by atoms with Crippen molar-refractivity contribution in [1.29, 1.82) is 0 Å². The molecule has 3 aromatic rings. The van der Waals surface area contributed by atoms with Crippen LogP contribution in [0.1, 0.15) is 17.0 Å². The monoisotopic (exact) mass is 353 g/mol. The quantitative estimate of drug-likeness (QED) is 0.522. The number of oxazole rings is 1. The fraction of sp³-hybridized carbons (Fsp3) is 0.158. The Balaban J connectivity index is 1.68. The van der Waals surface area contributed by atoms with Crippen LogP contribution in [0.2, 0.25) is 0 Å². The maximum absolute atomic E-state index is 10.9. The largest absolute Gasteiger partial charge is 0.487 e. The summed E-state index contributed by atoms with van der Waals surface area (Å²) in [7, 11) is 0. The fourth-order valence-corrected chi connectivity index (χ4v) is 2.40. The number of nitrogens with two attached hydrogens (primary N) is 1. The number of urea groups is 1. The maximum Gasteiger partial charge on any atom is 0.338 e. The van der Waals surface area contributed by atoms with Crippen molar-refractivity contribution in [2.75, 3.05) is 0 Å². The number of rotatable bonds is 6. The lowest BCUT2D eigenvalue weighted by molar-refractivity contribution is -0.0470. The van der Waals surface area contributed by atoms with Crippen molar-refractivity contribution in [3.05, 3.63) is 71.6 Å². The number of hydrogen-bond acceptors (Lipinski definition) is 5. The van der Waals surface area contributed by atoms with Crippen LogP contribution in [0.5, 0.6) is 5.75 Å². The molecule has 0 spiro atoms. The zero-order chi connectivity index (χ0) is 18.5. The second-order valence-electron chi connectivity index (χ2n) is 5.72. The van der Waals surface area contributed by atoms with Gasteiger partial charge in [0.2, 0.25) is 5.89 Å². The number of primary amides is 1. The van der Waals surface area contributed by atoms with Gasteiger partial charge in [-0.05, 0) is 36.8 Å². The summed E-state index contributed by atoms with van der Waals surface area (Å²) >= 11 is 0. The fourth-order valence-electron chi connectivity index (χ4n) is 2.40. The summed E-state index contributed by atoms with van der Waals surface area (Å²) in [5, 5.41) is 9.86. The Kier molecular flexibility index (Phi) is 5.19. The smallest absolute Gasteiger partial charge is 0.338 e. The predicted molar refractivity (Wildman–Crippen MR) is 94.4 cm³/mol. The third-order valence-electron chi connectivity index (χ3n) is 3.77. The van der Waals surface area contributed by atoms with Crippen molar-refractivity contribution in [3.63, 3.8) is 0 Å².